The van der Waals surface area contributed by atoms with E-state index < -0.39 is 0 Å². The highest BCUT2D eigenvalue weighted by atomic mass is 32.1. The summed E-state index contributed by atoms with van der Waals surface area (Å²) in [5.41, 5.74) is 7.43. The molecule has 4 heteroatoms. The first kappa shape index (κ1) is 15.9. The van der Waals surface area contributed by atoms with E-state index in [0.717, 1.165) is 13.1 Å². The summed E-state index contributed by atoms with van der Waals surface area (Å²) in [6, 6.07) is 0.432. The Bertz CT molecular complexity index is 420. The molecule has 1 aliphatic rings. The van der Waals surface area contributed by atoms with Crippen LogP contribution in [-0.2, 0) is 5.41 Å². The lowest BCUT2D eigenvalue weighted by atomic mass is 9.87. The molecule has 2 atom stereocenters. The van der Waals surface area contributed by atoms with Crippen molar-refractivity contribution in [1.29, 1.82) is 0 Å². The van der Waals surface area contributed by atoms with Gasteiger partial charge in [-0.3, -0.25) is 4.90 Å². The largest absolute Gasteiger partial charge is 0.330 e. The normalized spacial score (nSPS) is 25.1. The van der Waals surface area contributed by atoms with Crippen molar-refractivity contribution in [2.75, 3.05) is 19.6 Å². The zero-order chi connectivity index (χ0) is 14.8. The molecule has 114 valence electrons. The van der Waals surface area contributed by atoms with Gasteiger partial charge in [0.25, 0.3) is 0 Å². The van der Waals surface area contributed by atoms with E-state index in [1.807, 2.05) is 0 Å². The van der Waals surface area contributed by atoms with Crippen LogP contribution in [0.3, 0.4) is 0 Å². The molecular weight excluding hydrogens is 266 g/mol. The molecule has 0 amide bonds. The zero-order valence-electron chi connectivity index (χ0n) is 13.4. The van der Waals surface area contributed by atoms with Crippen molar-refractivity contribution >= 4 is 11.3 Å². The van der Waals surface area contributed by atoms with Crippen LogP contribution in [0.25, 0.3) is 0 Å². The van der Waals surface area contributed by atoms with Gasteiger partial charge in [-0.15, -0.1) is 11.3 Å². The van der Waals surface area contributed by atoms with E-state index in [1.54, 1.807) is 11.3 Å². The molecule has 0 saturated carbocycles. The first-order valence-electron chi connectivity index (χ1n) is 7.87. The fourth-order valence-electron chi connectivity index (χ4n) is 3.13. The molecule has 1 aromatic rings. The highest BCUT2D eigenvalue weighted by molar-refractivity contribution is 7.09. The van der Waals surface area contributed by atoms with Crippen LogP contribution in [-0.4, -0.2) is 29.5 Å². The average Bonchev–Trinajstić information content (AvgIpc) is 2.88. The van der Waals surface area contributed by atoms with Crippen LogP contribution in [0.2, 0.25) is 0 Å². The molecule has 2 unspecified atom stereocenters. The Morgan fingerprint density at radius 2 is 2.20 bits per heavy atom. The van der Waals surface area contributed by atoms with Gasteiger partial charge in [0, 0.05) is 10.8 Å². The van der Waals surface area contributed by atoms with Gasteiger partial charge in [0.2, 0.25) is 0 Å². The summed E-state index contributed by atoms with van der Waals surface area (Å²) in [4.78, 5) is 7.56. The fraction of sp³-hybridized carbons (Fsp3) is 0.812. The SMILES string of the molecule is CCCN1CCCC(CN)C1c1csc(C(C)(C)C)n1. The Morgan fingerprint density at radius 3 is 2.75 bits per heavy atom. The maximum atomic E-state index is 6.03. The molecule has 0 bridgehead atoms. The Kier molecular flexibility index (Phi) is 5.21. The minimum atomic E-state index is 0.144. The van der Waals surface area contributed by atoms with Gasteiger partial charge < -0.3 is 5.73 Å². The lowest BCUT2D eigenvalue weighted by molar-refractivity contribution is 0.0933. The fourth-order valence-corrected chi connectivity index (χ4v) is 4.07. The van der Waals surface area contributed by atoms with E-state index >= 15 is 0 Å². The van der Waals surface area contributed by atoms with Gasteiger partial charge in [0.15, 0.2) is 0 Å². The second-order valence-corrected chi connectivity index (χ2v) is 7.80. The van der Waals surface area contributed by atoms with Crippen molar-refractivity contribution in [3.05, 3.63) is 16.1 Å². The minimum Gasteiger partial charge on any atom is -0.330 e. The number of likely N-dealkylation sites (tertiary alicyclic amines) is 1. The van der Waals surface area contributed by atoms with Crippen LogP contribution in [0.4, 0.5) is 0 Å². The van der Waals surface area contributed by atoms with E-state index in [1.165, 1.54) is 36.5 Å². The third-order valence-corrected chi connectivity index (χ3v) is 5.43. The lowest BCUT2D eigenvalue weighted by Crippen LogP contribution is -2.42. The quantitative estimate of drug-likeness (QED) is 0.923. The van der Waals surface area contributed by atoms with E-state index in [0.29, 0.717) is 12.0 Å². The molecule has 3 nitrogen and oxygen atoms in total. The molecule has 0 radical (unpaired) electrons. The summed E-state index contributed by atoms with van der Waals surface area (Å²) in [5.74, 6) is 0.560. The van der Waals surface area contributed by atoms with E-state index in [-0.39, 0.29) is 5.41 Å². The summed E-state index contributed by atoms with van der Waals surface area (Å²) in [5, 5.41) is 3.51. The Labute approximate surface area is 127 Å². The Hall–Kier alpha value is -0.450. The van der Waals surface area contributed by atoms with Crippen LogP contribution in [0.1, 0.15) is 63.7 Å². The van der Waals surface area contributed by atoms with Crippen LogP contribution in [0.15, 0.2) is 5.38 Å². The van der Waals surface area contributed by atoms with Crippen molar-refractivity contribution < 1.29 is 0 Å². The molecule has 0 aliphatic carbocycles. The lowest BCUT2D eigenvalue weighted by Gasteiger charge is -2.40. The molecule has 2 rings (SSSR count). The third kappa shape index (κ3) is 3.41. The molecule has 2 heterocycles. The predicted octanol–water partition coefficient (Wildman–Crippen LogP) is 3.56. The van der Waals surface area contributed by atoms with Gasteiger partial charge >= 0.3 is 0 Å². The Morgan fingerprint density at radius 1 is 1.45 bits per heavy atom. The summed E-state index contributed by atoms with van der Waals surface area (Å²) in [7, 11) is 0. The minimum absolute atomic E-state index is 0.144. The molecule has 20 heavy (non-hydrogen) atoms. The molecule has 1 aromatic heterocycles. The zero-order valence-corrected chi connectivity index (χ0v) is 14.2. The number of nitrogens with two attached hydrogens (primary N) is 1. The number of hydrogen-bond donors (Lipinski definition) is 1. The van der Waals surface area contributed by atoms with Gasteiger partial charge in [0.1, 0.15) is 0 Å². The summed E-state index contributed by atoms with van der Waals surface area (Å²) in [6.07, 6.45) is 3.71. The first-order valence-corrected chi connectivity index (χ1v) is 8.75. The summed E-state index contributed by atoms with van der Waals surface area (Å²) >= 11 is 1.80. The average molecular weight is 295 g/mol. The number of piperidine rings is 1. The van der Waals surface area contributed by atoms with Gasteiger partial charge in [-0.2, -0.15) is 0 Å². The van der Waals surface area contributed by atoms with Gasteiger partial charge in [-0.1, -0.05) is 27.7 Å². The highest BCUT2D eigenvalue weighted by Crippen LogP contribution is 2.37. The monoisotopic (exact) mass is 295 g/mol. The van der Waals surface area contributed by atoms with E-state index in [9.17, 15) is 0 Å². The highest BCUT2D eigenvalue weighted by Gasteiger charge is 2.33. The Balaban J connectivity index is 2.26. The van der Waals surface area contributed by atoms with Crippen molar-refractivity contribution in [3.63, 3.8) is 0 Å². The molecule has 0 aromatic carbocycles. The van der Waals surface area contributed by atoms with Gasteiger partial charge in [-0.05, 0) is 44.8 Å². The van der Waals surface area contributed by atoms with Crippen LogP contribution in [0.5, 0.6) is 0 Å². The molecule has 1 saturated heterocycles. The predicted molar refractivity (Wildman–Crippen MR) is 87.2 cm³/mol. The third-order valence-electron chi connectivity index (χ3n) is 4.14. The smallest absolute Gasteiger partial charge is 0.0982 e. The summed E-state index contributed by atoms with van der Waals surface area (Å²) < 4.78 is 0. The number of nitrogens with zero attached hydrogens (tertiary/aromatic N) is 2. The van der Waals surface area contributed by atoms with Gasteiger partial charge in [0.05, 0.1) is 16.7 Å². The van der Waals surface area contributed by atoms with Crippen LogP contribution in [0, 0.1) is 5.92 Å². The molecule has 1 aliphatic heterocycles. The molecular formula is C16H29N3S. The van der Waals surface area contributed by atoms with Gasteiger partial charge in [-0.25, -0.2) is 4.98 Å². The first-order chi connectivity index (χ1) is 9.47. The maximum absolute atomic E-state index is 6.03. The van der Waals surface area contributed by atoms with Crippen molar-refractivity contribution in [3.8, 4) is 0 Å². The second-order valence-electron chi connectivity index (χ2n) is 6.95. The molecule has 1 fully saturated rings. The topological polar surface area (TPSA) is 42.1 Å². The van der Waals surface area contributed by atoms with Crippen molar-refractivity contribution in [1.82, 2.24) is 9.88 Å². The van der Waals surface area contributed by atoms with Crippen LogP contribution < -0.4 is 5.73 Å². The van der Waals surface area contributed by atoms with Crippen LogP contribution >= 0.6 is 11.3 Å². The number of aromatic nitrogens is 1. The standard InChI is InChI=1S/C16H29N3S/c1-5-8-19-9-6-7-12(10-17)14(19)13-11-20-15(18-13)16(2,3)4/h11-12,14H,5-10,17H2,1-4H3. The van der Waals surface area contributed by atoms with E-state index in [2.05, 4.69) is 38.0 Å². The maximum Gasteiger partial charge on any atom is 0.0982 e. The summed E-state index contributed by atoms with van der Waals surface area (Å²) in [6.45, 7) is 12.1. The number of thiazole rings is 1. The van der Waals surface area contributed by atoms with Crippen molar-refractivity contribution in [2.45, 2.75) is 58.4 Å². The molecule has 2 N–H and O–H groups in total. The van der Waals surface area contributed by atoms with E-state index in [4.69, 9.17) is 10.7 Å². The number of hydrogen-bond acceptors (Lipinski definition) is 4. The molecule has 0 spiro atoms. The second kappa shape index (κ2) is 6.54. The number of rotatable bonds is 4. The van der Waals surface area contributed by atoms with Crippen molar-refractivity contribution in [2.24, 2.45) is 11.7 Å².